The van der Waals surface area contributed by atoms with E-state index in [1.165, 1.54) is 0 Å². The highest BCUT2D eigenvalue weighted by Crippen LogP contribution is 2.37. The zero-order valence-electron chi connectivity index (χ0n) is 10.4. The summed E-state index contributed by atoms with van der Waals surface area (Å²) >= 11 is 1.66. The van der Waals surface area contributed by atoms with Gasteiger partial charge in [-0.2, -0.15) is 0 Å². The molecule has 0 aliphatic heterocycles. The highest BCUT2D eigenvalue weighted by atomic mass is 127. The van der Waals surface area contributed by atoms with Crippen molar-refractivity contribution < 1.29 is 19.2 Å². The predicted molar refractivity (Wildman–Crippen MR) is 78.2 cm³/mol. The van der Waals surface area contributed by atoms with Crippen molar-refractivity contribution in [3.8, 4) is 0 Å². The molecule has 0 saturated heterocycles. The molecule has 0 amide bonds. The maximum Gasteiger partial charge on any atom is 0.329 e. The van der Waals surface area contributed by atoms with E-state index in [9.17, 15) is 24.4 Å². The Hall–Kier alpha value is -1.45. The summed E-state index contributed by atoms with van der Waals surface area (Å²) in [6.07, 6.45) is 2.18. The summed E-state index contributed by atoms with van der Waals surface area (Å²) in [5.74, 6) is -1.68. The summed E-state index contributed by atoms with van der Waals surface area (Å²) in [6.45, 7) is 0. The lowest BCUT2D eigenvalue weighted by Gasteiger charge is -2.26. The average Bonchev–Trinajstić information content (AvgIpc) is 2.83. The summed E-state index contributed by atoms with van der Waals surface area (Å²) in [4.78, 5) is 21.8. The van der Waals surface area contributed by atoms with E-state index >= 15 is 0 Å². The fraction of sp³-hybridized carbons (Fsp3) is 0.417. The first-order valence-electron chi connectivity index (χ1n) is 6.01. The molecule has 0 unspecified atom stereocenters. The summed E-state index contributed by atoms with van der Waals surface area (Å²) in [6, 6.07) is 2.09. The normalized spacial score (nSPS) is 16.9. The number of benzene rings is 1. The third-order valence-electron chi connectivity index (χ3n) is 3.48. The van der Waals surface area contributed by atoms with Gasteiger partial charge in [0.2, 0.25) is 0 Å². The van der Waals surface area contributed by atoms with Crippen LogP contribution in [0.3, 0.4) is 0 Å². The molecule has 0 radical (unpaired) electrons. The molecule has 1 fully saturated rings. The summed E-state index contributed by atoms with van der Waals surface area (Å²) < 4.78 is 13.7. The number of halogens is 2. The number of aliphatic carboxylic acids is 1. The van der Waals surface area contributed by atoms with E-state index in [2.05, 4.69) is 5.32 Å². The van der Waals surface area contributed by atoms with Gasteiger partial charge in [0.15, 0.2) is 0 Å². The molecule has 1 aromatic carbocycles. The zero-order chi connectivity index (χ0) is 14.9. The molecule has 1 aliphatic rings. The monoisotopic (exact) mass is 394 g/mol. The first-order valence-corrected chi connectivity index (χ1v) is 7.09. The first kappa shape index (κ1) is 14.9. The minimum absolute atomic E-state index is 0.0859. The molecule has 1 aliphatic carbocycles. The van der Waals surface area contributed by atoms with Crippen molar-refractivity contribution in [1.29, 1.82) is 0 Å². The van der Waals surface area contributed by atoms with E-state index in [1.807, 2.05) is 0 Å². The Morgan fingerprint density at radius 3 is 2.55 bits per heavy atom. The predicted octanol–water partition coefficient (Wildman–Crippen LogP) is 3.15. The lowest BCUT2D eigenvalue weighted by atomic mass is 9.97. The SMILES string of the molecule is O=C(O)C1(Nc2cc(F)c(I)cc2[N+](=O)[O-])CCCC1. The van der Waals surface area contributed by atoms with Crippen LogP contribution < -0.4 is 5.32 Å². The number of carbonyl (C=O) groups is 1. The maximum absolute atomic E-state index is 13.6. The fourth-order valence-corrected chi connectivity index (χ4v) is 2.87. The van der Waals surface area contributed by atoms with Gasteiger partial charge in [0.1, 0.15) is 17.0 Å². The second-order valence-electron chi connectivity index (χ2n) is 4.76. The van der Waals surface area contributed by atoms with Crippen molar-refractivity contribution in [2.75, 3.05) is 5.32 Å². The van der Waals surface area contributed by atoms with Crippen molar-refractivity contribution in [1.82, 2.24) is 0 Å². The summed E-state index contributed by atoms with van der Waals surface area (Å²) in [5.41, 5.74) is -1.65. The molecule has 8 heteroatoms. The standard InChI is InChI=1S/C12H12FIN2O4/c13-7-5-9(10(16(19)20)6-8(7)14)15-12(11(17)18)3-1-2-4-12/h5-6,15H,1-4H2,(H,17,18). The van der Waals surface area contributed by atoms with Gasteiger partial charge in [0, 0.05) is 12.1 Å². The molecule has 6 nitrogen and oxygen atoms in total. The van der Waals surface area contributed by atoms with E-state index in [0.29, 0.717) is 12.8 Å². The topological polar surface area (TPSA) is 92.5 Å². The van der Waals surface area contributed by atoms with E-state index < -0.39 is 22.2 Å². The highest BCUT2D eigenvalue weighted by molar-refractivity contribution is 14.1. The van der Waals surface area contributed by atoms with Crippen molar-refractivity contribution in [2.45, 2.75) is 31.2 Å². The molecular weight excluding hydrogens is 382 g/mol. The molecule has 1 saturated carbocycles. The summed E-state index contributed by atoms with van der Waals surface area (Å²) in [5, 5.41) is 23.1. The van der Waals surface area contributed by atoms with Gasteiger partial charge in [0.25, 0.3) is 5.69 Å². The minimum Gasteiger partial charge on any atom is -0.480 e. The van der Waals surface area contributed by atoms with Gasteiger partial charge in [-0.15, -0.1) is 0 Å². The second kappa shape index (κ2) is 5.51. The number of nitrogens with zero attached hydrogens (tertiary/aromatic N) is 1. The molecule has 0 aromatic heterocycles. The Labute approximate surface area is 127 Å². The number of nitrogens with one attached hydrogen (secondary N) is 1. The fourth-order valence-electron chi connectivity index (χ4n) is 2.42. The molecule has 2 rings (SSSR count). The largest absolute Gasteiger partial charge is 0.480 e. The number of nitro benzene ring substituents is 1. The van der Waals surface area contributed by atoms with Crippen LogP contribution in [-0.4, -0.2) is 21.5 Å². The van der Waals surface area contributed by atoms with Gasteiger partial charge in [0.05, 0.1) is 8.49 Å². The van der Waals surface area contributed by atoms with Crippen LogP contribution in [0.5, 0.6) is 0 Å². The van der Waals surface area contributed by atoms with Gasteiger partial charge in [-0.05, 0) is 35.4 Å². The van der Waals surface area contributed by atoms with Gasteiger partial charge in [-0.1, -0.05) is 12.8 Å². The van der Waals surface area contributed by atoms with E-state index in [0.717, 1.165) is 25.0 Å². The lowest BCUT2D eigenvalue weighted by Crippen LogP contribution is -2.43. The van der Waals surface area contributed by atoms with Crippen LogP contribution in [0.15, 0.2) is 12.1 Å². The van der Waals surface area contributed by atoms with Crippen LogP contribution in [0.2, 0.25) is 0 Å². The Morgan fingerprint density at radius 2 is 2.05 bits per heavy atom. The zero-order valence-corrected chi connectivity index (χ0v) is 12.5. The smallest absolute Gasteiger partial charge is 0.329 e. The number of carboxylic acid groups (broad SMARTS) is 1. The van der Waals surface area contributed by atoms with Crippen LogP contribution in [-0.2, 0) is 4.79 Å². The Morgan fingerprint density at radius 1 is 1.45 bits per heavy atom. The minimum atomic E-state index is -1.25. The second-order valence-corrected chi connectivity index (χ2v) is 5.92. The van der Waals surface area contributed by atoms with Gasteiger partial charge < -0.3 is 10.4 Å². The molecule has 0 bridgehead atoms. The molecule has 20 heavy (non-hydrogen) atoms. The molecular formula is C12H12FIN2O4. The first-order chi connectivity index (χ1) is 9.35. The van der Waals surface area contributed by atoms with Crippen molar-refractivity contribution in [2.24, 2.45) is 0 Å². The third-order valence-corrected chi connectivity index (χ3v) is 4.30. The quantitative estimate of drug-likeness (QED) is 0.465. The highest BCUT2D eigenvalue weighted by Gasteiger charge is 2.42. The number of anilines is 1. The molecule has 2 N–H and O–H groups in total. The molecule has 0 heterocycles. The Bertz CT molecular complexity index is 573. The lowest BCUT2D eigenvalue weighted by molar-refractivity contribution is -0.384. The van der Waals surface area contributed by atoms with Gasteiger partial charge in [-0.3, -0.25) is 10.1 Å². The van der Waals surface area contributed by atoms with Gasteiger partial charge in [-0.25, -0.2) is 9.18 Å². The van der Waals surface area contributed by atoms with Crippen LogP contribution in [0.4, 0.5) is 15.8 Å². The van der Waals surface area contributed by atoms with Crippen LogP contribution >= 0.6 is 22.6 Å². The average molecular weight is 394 g/mol. The van der Waals surface area contributed by atoms with Crippen molar-refractivity contribution >= 4 is 39.9 Å². The third kappa shape index (κ3) is 2.69. The Balaban J connectivity index is 2.44. The molecule has 1 aromatic rings. The Kier molecular flexibility index (Phi) is 4.11. The number of carboxylic acids is 1. The molecule has 0 spiro atoms. The van der Waals surface area contributed by atoms with Crippen LogP contribution in [0.1, 0.15) is 25.7 Å². The van der Waals surface area contributed by atoms with Crippen molar-refractivity contribution in [3.05, 3.63) is 31.6 Å². The number of hydrogen-bond acceptors (Lipinski definition) is 4. The van der Waals surface area contributed by atoms with E-state index in [1.54, 1.807) is 22.6 Å². The van der Waals surface area contributed by atoms with E-state index in [-0.39, 0.29) is 14.9 Å². The number of hydrogen-bond donors (Lipinski definition) is 2. The number of rotatable bonds is 4. The van der Waals surface area contributed by atoms with Crippen LogP contribution in [0, 0.1) is 19.5 Å². The molecule has 108 valence electrons. The summed E-state index contributed by atoms with van der Waals surface area (Å²) in [7, 11) is 0. The number of nitro groups is 1. The van der Waals surface area contributed by atoms with Crippen LogP contribution in [0.25, 0.3) is 0 Å². The van der Waals surface area contributed by atoms with Gasteiger partial charge >= 0.3 is 5.97 Å². The van der Waals surface area contributed by atoms with E-state index in [4.69, 9.17) is 0 Å². The maximum atomic E-state index is 13.6. The van der Waals surface area contributed by atoms with Crippen molar-refractivity contribution in [3.63, 3.8) is 0 Å². The molecule has 0 atom stereocenters.